The van der Waals surface area contributed by atoms with Gasteiger partial charge in [-0.1, -0.05) is 6.92 Å². The molecule has 0 fully saturated rings. The van der Waals surface area contributed by atoms with Gasteiger partial charge in [0.15, 0.2) is 5.65 Å². The molecule has 0 radical (unpaired) electrons. The van der Waals surface area contributed by atoms with Gasteiger partial charge in [-0.05, 0) is 25.0 Å². The molecule has 0 aliphatic carbocycles. The number of hydrogen-bond acceptors (Lipinski definition) is 3. The number of hydrogen-bond donors (Lipinski definition) is 1. The summed E-state index contributed by atoms with van der Waals surface area (Å²) in [5, 5.41) is 8.90. The van der Waals surface area contributed by atoms with Gasteiger partial charge in [-0.15, -0.1) is 0 Å². The van der Waals surface area contributed by atoms with Crippen LogP contribution in [0.4, 0.5) is 0 Å². The molecule has 2 heterocycles. The van der Waals surface area contributed by atoms with E-state index in [1.54, 1.807) is 6.20 Å². The maximum Gasteiger partial charge on any atom is 0.159 e. The lowest BCUT2D eigenvalue weighted by Crippen LogP contribution is -2.06. The van der Waals surface area contributed by atoms with Crippen LogP contribution in [-0.2, 0) is 13.0 Å². The summed E-state index contributed by atoms with van der Waals surface area (Å²) in [4.78, 5) is 8.93. The monoisotopic (exact) mass is 219 g/mol. The van der Waals surface area contributed by atoms with Crippen molar-refractivity contribution in [2.45, 2.75) is 32.7 Å². The van der Waals surface area contributed by atoms with E-state index in [0.29, 0.717) is 0 Å². The molecule has 4 nitrogen and oxygen atoms in total. The Kier molecular flexibility index (Phi) is 3.51. The van der Waals surface area contributed by atoms with Crippen LogP contribution in [0.25, 0.3) is 11.2 Å². The van der Waals surface area contributed by atoms with Gasteiger partial charge in [-0.25, -0.2) is 9.97 Å². The second-order valence-corrected chi connectivity index (χ2v) is 3.85. The van der Waals surface area contributed by atoms with Crippen LogP contribution in [0.5, 0.6) is 0 Å². The first kappa shape index (κ1) is 11.1. The lowest BCUT2D eigenvalue weighted by atomic mass is 10.3. The van der Waals surface area contributed by atoms with Crippen LogP contribution in [-0.4, -0.2) is 26.2 Å². The summed E-state index contributed by atoms with van der Waals surface area (Å²) in [6, 6.07) is 3.89. The third-order valence-electron chi connectivity index (χ3n) is 2.60. The summed E-state index contributed by atoms with van der Waals surface area (Å²) in [6.07, 6.45) is 4.57. The summed E-state index contributed by atoms with van der Waals surface area (Å²) in [5.74, 6) is 1.07. The Hall–Kier alpha value is -1.42. The average molecular weight is 219 g/mol. The van der Waals surface area contributed by atoms with Crippen LogP contribution < -0.4 is 0 Å². The lowest BCUT2D eigenvalue weighted by molar-refractivity contribution is 0.279. The number of aryl methyl sites for hydroxylation is 2. The van der Waals surface area contributed by atoms with Gasteiger partial charge in [-0.3, -0.25) is 0 Å². The van der Waals surface area contributed by atoms with E-state index in [9.17, 15) is 0 Å². The van der Waals surface area contributed by atoms with Crippen molar-refractivity contribution in [3.05, 3.63) is 24.2 Å². The lowest BCUT2D eigenvalue weighted by Gasteiger charge is -2.06. The second-order valence-electron chi connectivity index (χ2n) is 3.85. The third-order valence-corrected chi connectivity index (χ3v) is 2.60. The van der Waals surface area contributed by atoms with Gasteiger partial charge in [0.2, 0.25) is 0 Å². The first-order chi connectivity index (χ1) is 7.86. The quantitative estimate of drug-likeness (QED) is 0.833. The van der Waals surface area contributed by atoms with Crippen molar-refractivity contribution >= 4 is 11.2 Å². The van der Waals surface area contributed by atoms with E-state index in [1.165, 1.54) is 0 Å². The predicted molar refractivity (Wildman–Crippen MR) is 63.2 cm³/mol. The Morgan fingerprint density at radius 1 is 1.44 bits per heavy atom. The Labute approximate surface area is 95.0 Å². The van der Waals surface area contributed by atoms with Crippen molar-refractivity contribution < 1.29 is 5.11 Å². The zero-order valence-corrected chi connectivity index (χ0v) is 9.56. The molecule has 0 atom stereocenters. The molecule has 2 aromatic rings. The Bertz CT molecular complexity index is 464. The van der Waals surface area contributed by atoms with E-state index in [0.717, 1.165) is 42.8 Å². The van der Waals surface area contributed by atoms with Crippen LogP contribution in [0.2, 0.25) is 0 Å². The third kappa shape index (κ3) is 2.07. The molecule has 16 heavy (non-hydrogen) atoms. The molecule has 86 valence electrons. The van der Waals surface area contributed by atoms with Crippen molar-refractivity contribution in [2.24, 2.45) is 0 Å². The molecular formula is C12H17N3O. The van der Waals surface area contributed by atoms with E-state index in [-0.39, 0.29) is 6.61 Å². The van der Waals surface area contributed by atoms with Crippen LogP contribution in [0.1, 0.15) is 25.6 Å². The molecule has 0 saturated carbocycles. The number of imidazole rings is 1. The van der Waals surface area contributed by atoms with E-state index in [1.807, 2.05) is 12.1 Å². The summed E-state index contributed by atoms with van der Waals surface area (Å²) in [7, 11) is 0. The second kappa shape index (κ2) is 5.07. The van der Waals surface area contributed by atoms with Gasteiger partial charge < -0.3 is 9.67 Å². The molecule has 0 aliphatic heterocycles. The van der Waals surface area contributed by atoms with Gasteiger partial charge in [-0.2, -0.15) is 0 Å². The van der Waals surface area contributed by atoms with E-state index >= 15 is 0 Å². The Morgan fingerprint density at radius 2 is 2.31 bits per heavy atom. The van der Waals surface area contributed by atoms with Crippen molar-refractivity contribution in [3.8, 4) is 0 Å². The molecule has 2 aromatic heterocycles. The van der Waals surface area contributed by atoms with Gasteiger partial charge in [0.1, 0.15) is 11.3 Å². The Balaban J connectivity index is 2.42. The van der Waals surface area contributed by atoms with Gasteiger partial charge >= 0.3 is 0 Å². The highest BCUT2D eigenvalue weighted by Gasteiger charge is 2.09. The van der Waals surface area contributed by atoms with Gasteiger partial charge in [0, 0.05) is 25.8 Å². The zero-order valence-electron chi connectivity index (χ0n) is 9.56. The van der Waals surface area contributed by atoms with Crippen LogP contribution in [0.15, 0.2) is 18.3 Å². The molecule has 1 N–H and O–H groups in total. The maximum absolute atomic E-state index is 8.90. The van der Waals surface area contributed by atoms with Crippen molar-refractivity contribution in [1.29, 1.82) is 0 Å². The highest BCUT2D eigenvalue weighted by Crippen LogP contribution is 2.15. The topological polar surface area (TPSA) is 50.9 Å². The van der Waals surface area contributed by atoms with E-state index in [4.69, 9.17) is 5.11 Å². The fraction of sp³-hybridized carbons (Fsp3) is 0.500. The number of aliphatic hydroxyl groups is 1. The average Bonchev–Trinajstić information content (AvgIpc) is 2.65. The highest BCUT2D eigenvalue weighted by atomic mass is 16.3. The largest absolute Gasteiger partial charge is 0.396 e. The van der Waals surface area contributed by atoms with E-state index < -0.39 is 0 Å². The Morgan fingerprint density at radius 3 is 3.06 bits per heavy atom. The molecule has 2 rings (SSSR count). The predicted octanol–water partition coefficient (Wildman–Crippen LogP) is 1.77. The number of nitrogens with zero attached hydrogens (tertiary/aromatic N) is 3. The van der Waals surface area contributed by atoms with E-state index in [2.05, 4.69) is 21.5 Å². The standard InChI is InChI=1S/C12H17N3O/c1-2-5-11-14-10-6-3-7-13-12(10)15(11)8-4-9-16/h3,6-7,16H,2,4-5,8-9H2,1H3. The molecule has 0 spiro atoms. The molecule has 0 amide bonds. The number of rotatable bonds is 5. The summed E-state index contributed by atoms with van der Waals surface area (Å²) >= 11 is 0. The van der Waals surface area contributed by atoms with Crippen LogP contribution in [0, 0.1) is 0 Å². The highest BCUT2D eigenvalue weighted by molar-refractivity contribution is 5.71. The smallest absolute Gasteiger partial charge is 0.159 e. The fourth-order valence-corrected chi connectivity index (χ4v) is 1.88. The fourth-order valence-electron chi connectivity index (χ4n) is 1.88. The van der Waals surface area contributed by atoms with Gasteiger partial charge in [0.05, 0.1) is 0 Å². The first-order valence-electron chi connectivity index (χ1n) is 5.77. The summed E-state index contributed by atoms with van der Waals surface area (Å²) in [5.41, 5.74) is 1.88. The molecule has 0 aliphatic rings. The number of aromatic nitrogens is 3. The SMILES string of the molecule is CCCc1nc2cccnc2n1CCCO. The maximum atomic E-state index is 8.90. The van der Waals surface area contributed by atoms with Crippen molar-refractivity contribution in [3.63, 3.8) is 0 Å². The van der Waals surface area contributed by atoms with Gasteiger partial charge in [0.25, 0.3) is 0 Å². The number of fused-ring (bicyclic) bond motifs is 1. The minimum atomic E-state index is 0.206. The molecule has 0 unspecified atom stereocenters. The molecule has 4 heteroatoms. The minimum absolute atomic E-state index is 0.206. The number of pyridine rings is 1. The molecule has 0 aromatic carbocycles. The first-order valence-corrected chi connectivity index (χ1v) is 5.77. The summed E-state index contributed by atoms with van der Waals surface area (Å²) < 4.78 is 2.12. The molecular weight excluding hydrogens is 202 g/mol. The molecule has 0 bridgehead atoms. The van der Waals surface area contributed by atoms with Crippen molar-refractivity contribution in [2.75, 3.05) is 6.61 Å². The van der Waals surface area contributed by atoms with Crippen LogP contribution in [0.3, 0.4) is 0 Å². The zero-order chi connectivity index (χ0) is 11.4. The summed E-state index contributed by atoms with van der Waals surface area (Å²) in [6.45, 7) is 3.14. The minimum Gasteiger partial charge on any atom is -0.396 e. The van der Waals surface area contributed by atoms with Crippen LogP contribution >= 0.6 is 0 Å². The normalized spacial score (nSPS) is 11.1. The molecule has 0 saturated heterocycles. The van der Waals surface area contributed by atoms with Crippen molar-refractivity contribution in [1.82, 2.24) is 14.5 Å². The number of aliphatic hydroxyl groups excluding tert-OH is 1.